The first-order chi connectivity index (χ1) is 12.0. The summed E-state index contributed by atoms with van der Waals surface area (Å²) in [7, 11) is 0. The van der Waals surface area contributed by atoms with Crippen LogP contribution >= 0.6 is 11.8 Å². The Morgan fingerprint density at radius 2 is 1.76 bits per heavy atom. The second-order valence-electron chi connectivity index (χ2n) is 5.96. The Hall–Kier alpha value is -2.66. The number of aromatic hydroxyl groups is 2. The van der Waals surface area contributed by atoms with Gasteiger partial charge >= 0.3 is 5.63 Å². The lowest BCUT2D eigenvalue weighted by molar-refractivity contribution is 0.430. The highest BCUT2D eigenvalue weighted by Crippen LogP contribution is 2.37. The summed E-state index contributed by atoms with van der Waals surface area (Å²) in [5.41, 5.74) is 1.01. The summed E-state index contributed by atoms with van der Waals surface area (Å²) in [5, 5.41) is 19.9. The summed E-state index contributed by atoms with van der Waals surface area (Å²) in [6.07, 6.45) is 0. The van der Waals surface area contributed by atoms with Crippen LogP contribution < -0.4 is 5.63 Å². The predicted octanol–water partition coefficient (Wildman–Crippen LogP) is 4.99. The SMILES string of the molecule is CC(C)c1ccccc1Sc1c(O)cc(-c2cccc(O)c2)oc1=O. The van der Waals surface area contributed by atoms with E-state index in [4.69, 9.17) is 4.42 Å². The van der Waals surface area contributed by atoms with Crippen LogP contribution in [0, 0.1) is 0 Å². The number of benzene rings is 2. The Bertz CT molecular complexity index is 960. The van der Waals surface area contributed by atoms with Crippen molar-refractivity contribution in [2.24, 2.45) is 0 Å². The van der Waals surface area contributed by atoms with Gasteiger partial charge in [0.1, 0.15) is 22.2 Å². The van der Waals surface area contributed by atoms with Gasteiger partial charge in [-0.3, -0.25) is 0 Å². The molecule has 128 valence electrons. The molecule has 4 nitrogen and oxygen atoms in total. The second-order valence-corrected chi connectivity index (χ2v) is 7.01. The molecule has 0 aliphatic carbocycles. The minimum Gasteiger partial charge on any atom is -0.508 e. The molecule has 3 rings (SSSR count). The first kappa shape index (κ1) is 17.2. The zero-order chi connectivity index (χ0) is 18.0. The van der Waals surface area contributed by atoms with Gasteiger partial charge in [-0.1, -0.05) is 55.9 Å². The molecule has 0 atom stereocenters. The highest BCUT2D eigenvalue weighted by molar-refractivity contribution is 7.99. The third kappa shape index (κ3) is 3.72. The molecule has 3 aromatic rings. The molecule has 0 spiro atoms. The maximum atomic E-state index is 12.4. The maximum Gasteiger partial charge on any atom is 0.354 e. The van der Waals surface area contributed by atoms with Gasteiger partial charge in [0, 0.05) is 16.5 Å². The van der Waals surface area contributed by atoms with Crippen molar-refractivity contribution in [1.29, 1.82) is 0 Å². The molecule has 5 heteroatoms. The smallest absolute Gasteiger partial charge is 0.354 e. The molecule has 2 aromatic carbocycles. The van der Waals surface area contributed by atoms with Crippen LogP contribution in [0.4, 0.5) is 0 Å². The van der Waals surface area contributed by atoms with Crippen LogP contribution in [0.15, 0.2) is 73.6 Å². The van der Waals surface area contributed by atoms with E-state index >= 15 is 0 Å². The standard InChI is InChI=1S/C20H18O4S/c1-12(2)15-8-3-4-9-18(15)25-19-16(22)11-17(24-20(19)23)13-6-5-7-14(21)10-13/h3-12,21-22H,1-2H3. The van der Waals surface area contributed by atoms with E-state index in [1.807, 2.05) is 24.3 Å². The summed E-state index contributed by atoms with van der Waals surface area (Å²) in [6, 6.07) is 15.5. The summed E-state index contributed by atoms with van der Waals surface area (Å²) in [6.45, 7) is 4.15. The molecule has 0 radical (unpaired) electrons. The Labute approximate surface area is 149 Å². The van der Waals surface area contributed by atoms with Gasteiger partial charge in [0.25, 0.3) is 0 Å². The molecule has 0 aliphatic rings. The fourth-order valence-corrected chi connectivity index (χ4v) is 3.60. The van der Waals surface area contributed by atoms with Gasteiger partial charge in [0.15, 0.2) is 0 Å². The van der Waals surface area contributed by atoms with Crippen molar-refractivity contribution in [2.45, 2.75) is 29.6 Å². The van der Waals surface area contributed by atoms with E-state index in [1.165, 1.54) is 30.0 Å². The zero-order valence-corrected chi connectivity index (χ0v) is 14.7. The quantitative estimate of drug-likeness (QED) is 0.690. The molecule has 0 fully saturated rings. The van der Waals surface area contributed by atoms with Gasteiger partial charge in [-0.25, -0.2) is 4.79 Å². The van der Waals surface area contributed by atoms with Crippen molar-refractivity contribution in [3.63, 3.8) is 0 Å². The number of rotatable bonds is 4. The number of phenolic OH excluding ortho intramolecular Hbond substituents is 1. The van der Waals surface area contributed by atoms with E-state index in [1.54, 1.807) is 12.1 Å². The molecular weight excluding hydrogens is 336 g/mol. The normalized spacial score (nSPS) is 11.0. The Morgan fingerprint density at radius 1 is 1.00 bits per heavy atom. The Balaban J connectivity index is 2.01. The largest absolute Gasteiger partial charge is 0.508 e. The lowest BCUT2D eigenvalue weighted by Crippen LogP contribution is -2.03. The molecule has 0 bridgehead atoms. The van der Waals surface area contributed by atoms with Crippen LogP contribution in [0.1, 0.15) is 25.3 Å². The molecular formula is C20H18O4S. The van der Waals surface area contributed by atoms with E-state index in [-0.39, 0.29) is 22.2 Å². The Kier molecular flexibility index (Phi) is 4.86. The second kappa shape index (κ2) is 7.07. The van der Waals surface area contributed by atoms with E-state index in [2.05, 4.69) is 13.8 Å². The average Bonchev–Trinajstić information content (AvgIpc) is 2.58. The van der Waals surface area contributed by atoms with Crippen LogP contribution in [0.25, 0.3) is 11.3 Å². The Morgan fingerprint density at radius 3 is 2.44 bits per heavy atom. The number of hydrogen-bond donors (Lipinski definition) is 2. The summed E-state index contributed by atoms with van der Waals surface area (Å²) < 4.78 is 5.36. The molecule has 0 unspecified atom stereocenters. The highest BCUT2D eigenvalue weighted by atomic mass is 32.2. The van der Waals surface area contributed by atoms with Gasteiger partial charge in [-0.05, 0) is 29.7 Å². The molecule has 0 saturated carbocycles. The van der Waals surface area contributed by atoms with Crippen molar-refractivity contribution in [3.8, 4) is 22.8 Å². The molecule has 0 amide bonds. The van der Waals surface area contributed by atoms with E-state index in [0.29, 0.717) is 11.5 Å². The molecule has 2 N–H and O–H groups in total. The topological polar surface area (TPSA) is 70.7 Å². The van der Waals surface area contributed by atoms with Crippen molar-refractivity contribution < 1.29 is 14.6 Å². The first-order valence-electron chi connectivity index (χ1n) is 7.89. The minimum atomic E-state index is -0.609. The van der Waals surface area contributed by atoms with Crippen molar-refractivity contribution >= 4 is 11.8 Å². The summed E-state index contributed by atoms with van der Waals surface area (Å²) >= 11 is 1.20. The molecule has 25 heavy (non-hydrogen) atoms. The molecule has 0 saturated heterocycles. The van der Waals surface area contributed by atoms with Gasteiger partial charge in [-0.2, -0.15) is 0 Å². The number of phenols is 1. The third-order valence-corrected chi connectivity index (χ3v) is 4.94. The first-order valence-corrected chi connectivity index (χ1v) is 8.70. The molecule has 0 aliphatic heterocycles. The van der Waals surface area contributed by atoms with Crippen LogP contribution in [0.3, 0.4) is 0 Å². The average molecular weight is 354 g/mol. The minimum absolute atomic E-state index is 0.0592. The van der Waals surface area contributed by atoms with Crippen LogP contribution in [0.5, 0.6) is 11.5 Å². The van der Waals surface area contributed by atoms with Crippen molar-refractivity contribution in [2.75, 3.05) is 0 Å². The van der Waals surface area contributed by atoms with E-state index in [9.17, 15) is 15.0 Å². The van der Waals surface area contributed by atoms with Crippen LogP contribution in [-0.4, -0.2) is 10.2 Å². The van der Waals surface area contributed by atoms with Gasteiger partial charge in [0.05, 0.1) is 0 Å². The fraction of sp³-hybridized carbons (Fsp3) is 0.150. The third-order valence-electron chi connectivity index (χ3n) is 3.77. The summed E-state index contributed by atoms with van der Waals surface area (Å²) in [5.74, 6) is 0.423. The maximum absolute atomic E-state index is 12.4. The molecule has 1 heterocycles. The summed E-state index contributed by atoms with van der Waals surface area (Å²) in [4.78, 5) is 13.5. The van der Waals surface area contributed by atoms with E-state index in [0.717, 1.165) is 10.5 Å². The predicted molar refractivity (Wildman–Crippen MR) is 98.4 cm³/mol. The molecule has 1 aromatic heterocycles. The van der Waals surface area contributed by atoms with E-state index < -0.39 is 5.63 Å². The highest BCUT2D eigenvalue weighted by Gasteiger charge is 2.16. The lowest BCUT2D eigenvalue weighted by atomic mass is 10.0. The van der Waals surface area contributed by atoms with Gasteiger partial charge < -0.3 is 14.6 Å². The van der Waals surface area contributed by atoms with Gasteiger partial charge in [-0.15, -0.1) is 0 Å². The van der Waals surface area contributed by atoms with Crippen LogP contribution in [0.2, 0.25) is 0 Å². The van der Waals surface area contributed by atoms with Crippen LogP contribution in [-0.2, 0) is 0 Å². The van der Waals surface area contributed by atoms with Crippen molar-refractivity contribution in [1.82, 2.24) is 0 Å². The van der Waals surface area contributed by atoms with Crippen molar-refractivity contribution in [3.05, 3.63) is 70.6 Å². The number of hydrogen-bond acceptors (Lipinski definition) is 5. The monoisotopic (exact) mass is 354 g/mol. The zero-order valence-electron chi connectivity index (χ0n) is 13.9. The van der Waals surface area contributed by atoms with Gasteiger partial charge in [0.2, 0.25) is 0 Å². The fourth-order valence-electron chi connectivity index (χ4n) is 2.53. The lowest BCUT2D eigenvalue weighted by Gasteiger charge is -2.12.